The van der Waals surface area contributed by atoms with Crippen LogP contribution in [0.2, 0.25) is 0 Å². The Kier molecular flexibility index (Phi) is 18.3. The van der Waals surface area contributed by atoms with E-state index in [4.69, 9.17) is 32.7 Å². The van der Waals surface area contributed by atoms with Crippen LogP contribution in [0, 0.1) is 30.1 Å². The molecule has 0 aliphatic carbocycles. The second-order valence-corrected chi connectivity index (χ2v) is 17.0. The smallest absolute Gasteiger partial charge is 0.338 e. The highest BCUT2D eigenvalue weighted by atomic mass is 31.2. The fourth-order valence-corrected chi connectivity index (χ4v) is 9.37. The summed E-state index contributed by atoms with van der Waals surface area (Å²) >= 11 is 0. The summed E-state index contributed by atoms with van der Waals surface area (Å²) in [5.41, 5.74) is 1.41. The highest BCUT2D eigenvalue weighted by Crippen LogP contribution is 2.49. The summed E-state index contributed by atoms with van der Waals surface area (Å²) in [5.74, 6) is 6.61. The number of nitriles is 1. The molecule has 0 saturated carbocycles. The molecule has 346 valence electrons. The Morgan fingerprint density at radius 1 is 0.864 bits per heavy atom. The number of esters is 1. The minimum Gasteiger partial charge on any atom is -0.497 e. The van der Waals surface area contributed by atoms with E-state index in [0.29, 0.717) is 30.2 Å². The standard InChI is InChI=1S/C51H57N4O10P/c1-6-30-54(31-7-2)66(63-33-13-29-52)65-45-34-47(55-35-39(48(56)53-50(55)58)14-11-12-32-61-49(57)38-19-17-37(3)18-20-38)64-46(45)36-62-51(40-15-9-8-10-16-40,41-21-25-43(59-4)26-22-41)42-23-27-44(60-5)28-24-42/h8-10,15-28,35,45-47H,6-7,12-13,30-34,36H2,1-5H3,(H,53,56,58). The summed E-state index contributed by atoms with van der Waals surface area (Å²) in [6.45, 7) is 7.64. The monoisotopic (exact) mass is 916 g/mol. The molecule has 1 N–H and O–H groups in total. The number of benzene rings is 4. The van der Waals surface area contributed by atoms with Crippen molar-refractivity contribution in [3.8, 4) is 29.4 Å². The summed E-state index contributed by atoms with van der Waals surface area (Å²) in [5, 5.41) is 9.40. The molecule has 14 nitrogen and oxygen atoms in total. The van der Waals surface area contributed by atoms with E-state index in [-0.39, 0.29) is 44.6 Å². The Balaban J connectivity index is 1.35. The fraction of sp³-hybridized carbons (Fsp3) is 0.373. The molecule has 4 aromatic carbocycles. The number of methoxy groups -OCH3 is 2. The van der Waals surface area contributed by atoms with E-state index >= 15 is 0 Å². The number of aromatic nitrogens is 2. The fourth-order valence-electron chi connectivity index (χ4n) is 7.58. The zero-order chi connectivity index (χ0) is 46.9. The van der Waals surface area contributed by atoms with Gasteiger partial charge in [0.05, 0.1) is 51.6 Å². The SMILES string of the molecule is CCCN(CCC)P(OCCC#N)OC1CC(n2cc(C#CCCOC(=O)c3ccc(C)cc3)c(=O)[nH]c2=O)OC1COC(c1ccccc1)(c1ccc(OC)cc1)c1ccc(OC)cc1. The van der Waals surface area contributed by atoms with E-state index in [9.17, 15) is 19.6 Å². The third-order valence-electron chi connectivity index (χ3n) is 10.9. The van der Waals surface area contributed by atoms with E-state index in [0.717, 1.165) is 35.1 Å². The van der Waals surface area contributed by atoms with Gasteiger partial charge in [-0.05, 0) is 72.9 Å². The van der Waals surface area contributed by atoms with E-state index in [2.05, 4.69) is 41.4 Å². The highest BCUT2D eigenvalue weighted by molar-refractivity contribution is 7.44. The molecule has 0 amide bonds. The van der Waals surface area contributed by atoms with Crippen molar-refractivity contribution in [2.24, 2.45) is 0 Å². The maximum absolute atomic E-state index is 13.6. The molecule has 1 aliphatic heterocycles. The molecule has 4 atom stereocenters. The first-order chi connectivity index (χ1) is 32.1. The largest absolute Gasteiger partial charge is 0.497 e. The number of ether oxygens (including phenoxy) is 5. The van der Waals surface area contributed by atoms with Crippen molar-refractivity contribution in [3.05, 3.63) is 164 Å². The molecule has 0 radical (unpaired) electrons. The number of nitrogens with one attached hydrogen (secondary N) is 1. The first-order valence-corrected chi connectivity index (χ1v) is 23.2. The maximum atomic E-state index is 13.6. The third kappa shape index (κ3) is 12.4. The van der Waals surface area contributed by atoms with E-state index in [1.807, 2.05) is 97.9 Å². The number of hydrogen-bond acceptors (Lipinski definition) is 12. The van der Waals surface area contributed by atoms with Crippen LogP contribution in [-0.2, 0) is 28.9 Å². The number of H-pyrrole nitrogens is 1. The van der Waals surface area contributed by atoms with Crippen molar-refractivity contribution in [2.45, 2.75) is 76.9 Å². The Morgan fingerprint density at radius 2 is 1.48 bits per heavy atom. The second-order valence-electron chi connectivity index (χ2n) is 15.5. The van der Waals surface area contributed by atoms with Gasteiger partial charge in [-0.15, -0.1) is 0 Å². The van der Waals surface area contributed by atoms with E-state index in [1.54, 1.807) is 26.4 Å². The lowest BCUT2D eigenvalue weighted by Gasteiger charge is -2.37. The molecule has 2 heterocycles. The summed E-state index contributed by atoms with van der Waals surface area (Å²) in [6, 6.07) is 34.5. The molecule has 1 aliphatic rings. The van der Waals surface area contributed by atoms with Crippen molar-refractivity contribution in [2.75, 3.05) is 47.1 Å². The van der Waals surface area contributed by atoms with Crippen LogP contribution in [-0.4, -0.2) is 79.5 Å². The molecule has 1 aromatic heterocycles. The first kappa shape index (κ1) is 49.3. The summed E-state index contributed by atoms with van der Waals surface area (Å²) in [7, 11) is 1.54. The average molecular weight is 917 g/mol. The molecular weight excluding hydrogens is 860 g/mol. The van der Waals surface area contributed by atoms with Gasteiger partial charge < -0.3 is 32.7 Å². The lowest BCUT2D eigenvalue weighted by atomic mass is 9.80. The van der Waals surface area contributed by atoms with Crippen molar-refractivity contribution >= 4 is 14.5 Å². The Hall–Kier alpha value is -6.09. The number of aryl methyl sites for hydroxylation is 1. The number of rotatable bonds is 22. The molecule has 0 bridgehead atoms. The zero-order valence-electron chi connectivity index (χ0n) is 38.1. The molecule has 66 heavy (non-hydrogen) atoms. The van der Waals surface area contributed by atoms with Crippen LogP contribution in [0.4, 0.5) is 0 Å². The lowest BCUT2D eigenvalue weighted by Crippen LogP contribution is -2.39. The van der Waals surface area contributed by atoms with Crippen LogP contribution >= 0.6 is 8.53 Å². The quantitative estimate of drug-likeness (QED) is 0.0232. The summed E-state index contributed by atoms with van der Waals surface area (Å²) < 4.78 is 47.3. The van der Waals surface area contributed by atoms with Gasteiger partial charge in [0.2, 0.25) is 0 Å². The normalized spacial score (nSPS) is 16.2. The van der Waals surface area contributed by atoms with E-state index in [1.165, 1.54) is 10.8 Å². The van der Waals surface area contributed by atoms with Gasteiger partial charge in [-0.2, -0.15) is 5.26 Å². The van der Waals surface area contributed by atoms with Gasteiger partial charge in [0.15, 0.2) is 0 Å². The molecule has 0 spiro atoms. The predicted molar refractivity (Wildman–Crippen MR) is 251 cm³/mol. The topological polar surface area (TPSA) is 164 Å². The number of nitrogens with zero attached hydrogens (tertiary/aromatic N) is 3. The summed E-state index contributed by atoms with van der Waals surface area (Å²) in [6.07, 6.45) is 1.20. The molecule has 15 heteroatoms. The van der Waals surface area contributed by atoms with Gasteiger partial charge in [0.25, 0.3) is 14.1 Å². The number of carbonyl (C=O) groups is 1. The number of hydrogen-bond donors (Lipinski definition) is 1. The minimum atomic E-state index is -1.69. The third-order valence-corrected chi connectivity index (χ3v) is 12.6. The highest BCUT2D eigenvalue weighted by Gasteiger charge is 2.44. The molecule has 5 aromatic rings. The second kappa shape index (κ2) is 24.4. The van der Waals surface area contributed by atoms with Crippen molar-refractivity contribution in [1.29, 1.82) is 5.26 Å². The van der Waals surface area contributed by atoms with Crippen LogP contribution < -0.4 is 20.7 Å². The Bertz CT molecular complexity index is 2500. The van der Waals surface area contributed by atoms with Crippen molar-refractivity contribution < 1.29 is 37.5 Å². The summed E-state index contributed by atoms with van der Waals surface area (Å²) in [4.78, 5) is 41.6. The molecule has 4 unspecified atom stereocenters. The van der Waals surface area contributed by atoms with Crippen LogP contribution in [0.5, 0.6) is 11.5 Å². The average Bonchev–Trinajstić information content (AvgIpc) is 3.74. The maximum Gasteiger partial charge on any atom is 0.338 e. The van der Waals surface area contributed by atoms with Gasteiger partial charge in [0, 0.05) is 32.1 Å². The Labute approximate surface area is 387 Å². The van der Waals surface area contributed by atoms with Crippen LogP contribution in [0.1, 0.15) is 90.4 Å². The molecule has 1 fully saturated rings. The number of aromatic amines is 1. The van der Waals surface area contributed by atoms with E-state index < -0.39 is 49.8 Å². The van der Waals surface area contributed by atoms with Crippen molar-refractivity contribution in [1.82, 2.24) is 14.2 Å². The predicted octanol–water partition coefficient (Wildman–Crippen LogP) is 8.42. The van der Waals surface area contributed by atoms with Crippen LogP contribution in [0.15, 0.2) is 119 Å². The first-order valence-electron chi connectivity index (χ1n) is 22.1. The Morgan fingerprint density at radius 3 is 2.08 bits per heavy atom. The zero-order valence-corrected chi connectivity index (χ0v) is 39.0. The van der Waals surface area contributed by atoms with Gasteiger partial charge in [-0.25, -0.2) is 14.3 Å². The van der Waals surface area contributed by atoms with Crippen molar-refractivity contribution in [3.63, 3.8) is 0 Å². The van der Waals surface area contributed by atoms with Crippen LogP contribution in [0.3, 0.4) is 0 Å². The molecular formula is C51H57N4O10P. The molecule has 6 rings (SSSR count). The van der Waals surface area contributed by atoms with Crippen LogP contribution in [0.25, 0.3) is 0 Å². The minimum absolute atomic E-state index is 0.00765. The van der Waals surface area contributed by atoms with Gasteiger partial charge >= 0.3 is 11.7 Å². The lowest BCUT2D eigenvalue weighted by molar-refractivity contribution is -0.0923. The number of carbonyl (C=O) groups excluding carboxylic acids is 1. The molecule has 1 saturated heterocycles. The van der Waals surface area contributed by atoms with Gasteiger partial charge in [0.1, 0.15) is 41.6 Å². The van der Waals surface area contributed by atoms with Gasteiger partial charge in [-0.1, -0.05) is 98.0 Å². The van der Waals surface area contributed by atoms with Gasteiger partial charge in [-0.3, -0.25) is 14.3 Å².